The van der Waals surface area contributed by atoms with Crippen LogP contribution in [-0.2, 0) is 4.79 Å². The summed E-state index contributed by atoms with van der Waals surface area (Å²) < 4.78 is 0. The highest BCUT2D eigenvalue weighted by atomic mass is 16.2. The van der Waals surface area contributed by atoms with Crippen LogP contribution in [0.25, 0.3) is 0 Å². The zero-order chi connectivity index (χ0) is 12.8. The van der Waals surface area contributed by atoms with E-state index < -0.39 is 0 Å². The van der Waals surface area contributed by atoms with Crippen molar-refractivity contribution in [2.45, 2.75) is 51.5 Å². The average molecular weight is 250 g/mol. The lowest BCUT2D eigenvalue weighted by molar-refractivity contribution is -0.135. The van der Waals surface area contributed by atoms with Gasteiger partial charge in [0, 0.05) is 25.0 Å². The predicted octanol–water partition coefficient (Wildman–Crippen LogP) is 2.33. The van der Waals surface area contributed by atoms with Crippen LogP contribution in [0.1, 0.15) is 45.4 Å². The normalized spacial score (nSPS) is 23.7. The van der Waals surface area contributed by atoms with E-state index in [2.05, 4.69) is 29.3 Å². The molecule has 1 aliphatic carbocycles. The third-order valence-electron chi connectivity index (χ3n) is 4.05. The smallest absolute Gasteiger partial charge is 0.226 e. The summed E-state index contributed by atoms with van der Waals surface area (Å²) in [5, 5.41) is 3.50. The van der Waals surface area contributed by atoms with Crippen molar-refractivity contribution in [1.82, 2.24) is 10.2 Å². The predicted molar refractivity (Wildman–Crippen MR) is 74.4 cm³/mol. The molecule has 3 nitrogen and oxygen atoms in total. The molecular formula is C15H26N2O. The van der Waals surface area contributed by atoms with Gasteiger partial charge in [0.05, 0.1) is 0 Å². The van der Waals surface area contributed by atoms with Crippen LogP contribution < -0.4 is 5.32 Å². The van der Waals surface area contributed by atoms with E-state index in [0.29, 0.717) is 11.9 Å². The summed E-state index contributed by atoms with van der Waals surface area (Å²) in [4.78, 5) is 14.6. The molecule has 1 heterocycles. The zero-order valence-corrected chi connectivity index (χ0v) is 11.5. The van der Waals surface area contributed by atoms with Crippen molar-refractivity contribution in [2.75, 3.05) is 19.6 Å². The number of nitrogens with zero attached hydrogens (tertiary/aromatic N) is 1. The van der Waals surface area contributed by atoms with Crippen LogP contribution in [0.4, 0.5) is 0 Å². The number of carbonyl (C=O) groups excluding carboxylic acids is 1. The molecule has 2 rings (SSSR count). The molecule has 3 heteroatoms. The fourth-order valence-corrected chi connectivity index (χ4v) is 2.90. The summed E-state index contributed by atoms with van der Waals surface area (Å²) in [6.07, 6.45) is 10.9. The second-order valence-corrected chi connectivity index (χ2v) is 5.57. The number of carbonyl (C=O) groups is 1. The van der Waals surface area contributed by atoms with Gasteiger partial charge in [0.2, 0.25) is 5.91 Å². The van der Waals surface area contributed by atoms with E-state index in [0.717, 1.165) is 45.3 Å². The van der Waals surface area contributed by atoms with Gasteiger partial charge in [0.1, 0.15) is 0 Å². The monoisotopic (exact) mass is 250 g/mol. The Morgan fingerprint density at radius 1 is 1.39 bits per heavy atom. The lowest BCUT2D eigenvalue weighted by atomic mass is 10.0. The Morgan fingerprint density at radius 2 is 2.17 bits per heavy atom. The molecule has 0 radical (unpaired) electrons. The Hall–Kier alpha value is -0.830. The number of hydrogen-bond acceptors (Lipinski definition) is 2. The van der Waals surface area contributed by atoms with Crippen LogP contribution in [0.3, 0.4) is 0 Å². The first-order chi connectivity index (χ1) is 8.81. The summed E-state index contributed by atoms with van der Waals surface area (Å²) in [6, 6.07) is 0.528. The maximum Gasteiger partial charge on any atom is 0.226 e. The molecule has 0 aromatic heterocycles. The van der Waals surface area contributed by atoms with Crippen molar-refractivity contribution in [3.8, 4) is 0 Å². The molecular weight excluding hydrogens is 224 g/mol. The Labute approximate surface area is 111 Å². The van der Waals surface area contributed by atoms with Gasteiger partial charge in [-0.2, -0.15) is 0 Å². The lowest BCUT2D eigenvalue weighted by Gasteiger charge is -2.28. The van der Waals surface area contributed by atoms with Crippen LogP contribution in [0.2, 0.25) is 0 Å². The fraction of sp³-hybridized carbons (Fsp3) is 0.800. The molecule has 1 unspecified atom stereocenters. The minimum Gasteiger partial charge on any atom is -0.341 e. The minimum absolute atomic E-state index is 0.225. The van der Waals surface area contributed by atoms with Gasteiger partial charge in [-0.05, 0) is 38.6 Å². The zero-order valence-electron chi connectivity index (χ0n) is 11.5. The molecule has 0 bridgehead atoms. The third kappa shape index (κ3) is 3.58. The van der Waals surface area contributed by atoms with E-state index in [4.69, 9.17) is 0 Å². The quantitative estimate of drug-likeness (QED) is 0.734. The molecule has 1 saturated heterocycles. The van der Waals surface area contributed by atoms with Crippen LogP contribution in [0.15, 0.2) is 12.2 Å². The summed E-state index contributed by atoms with van der Waals surface area (Å²) in [7, 11) is 0. The highest BCUT2D eigenvalue weighted by Crippen LogP contribution is 2.21. The highest BCUT2D eigenvalue weighted by Gasteiger charge is 2.27. The summed E-state index contributed by atoms with van der Waals surface area (Å²) in [6.45, 7) is 5.15. The van der Waals surface area contributed by atoms with E-state index >= 15 is 0 Å². The maximum atomic E-state index is 12.5. The van der Waals surface area contributed by atoms with E-state index in [1.807, 2.05) is 0 Å². The van der Waals surface area contributed by atoms with Gasteiger partial charge < -0.3 is 10.2 Å². The SMILES string of the molecule is CCCCN(CC1CCCN1)C(=O)C1CC=CC1. The molecule has 102 valence electrons. The van der Waals surface area contributed by atoms with Gasteiger partial charge in [-0.3, -0.25) is 4.79 Å². The molecule has 1 atom stereocenters. The summed E-state index contributed by atoms with van der Waals surface area (Å²) in [5.74, 6) is 0.602. The second-order valence-electron chi connectivity index (χ2n) is 5.57. The largest absolute Gasteiger partial charge is 0.341 e. The molecule has 18 heavy (non-hydrogen) atoms. The number of amides is 1. The number of nitrogens with one attached hydrogen (secondary N) is 1. The van der Waals surface area contributed by atoms with Crippen LogP contribution >= 0.6 is 0 Å². The topological polar surface area (TPSA) is 32.3 Å². The number of unbranched alkanes of at least 4 members (excludes halogenated alkanes) is 1. The lowest BCUT2D eigenvalue weighted by Crippen LogP contribution is -2.43. The van der Waals surface area contributed by atoms with E-state index in [1.54, 1.807) is 0 Å². The minimum atomic E-state index is 0.225. The summed E-state index contributed by atoms with van der Waals surface area (Å²) in [5.41, 5.74) is 0. The second kappa shape index (κ2) is 6.93. The van der Waals surface area contributed by atoms with Crippen LogP contribution in [0, 0.1) is 5.92 Å². The Morgan fingerprint density at radius 3 is 2.78 bits per heavy atom. The van der Waals surface area contributed by atoms with Crippen molar-refractivity contribution in [3.05, 3.63) is 12.2 Å². The fourth-order valence-electron chi connectivity index (χ4n) is 2.90. The van der Waals surface area contributed by atoms with Crippen LogP contribution in [0.5, 0.6) is 0 Å². The van der Waals surface area contributed by atoms with Gasteiger partial charge in [-0.15, -0.1) is 0 Å². The standard InChI is InChI=1S/C15H26N2O/c1-2-3-11-17(12-14-9-6-10-16-14)15(18)13-7-4-5-8-13/h4-5,13-14,16H,2-3,6-12H2,1H3. The van der Waals surface area contributed by atoms with Gasteiger partial charge in [-0.25, -0.2) is 0 Å². The van der Waals surface area contributed by atoms with Gasteiger partial charge in [0.25, 0.3) is 0 Å². The molecule has 1 N–H and O–H groups in total. The van der Waals surface area contributed by atoms with Gasteiger partial charge >= 0.3 is 0 Å². The average Bonchev–Trinajstić information content (AvgIpc) is 3.06. The molecule has 1 amide bonds. The van der Waals surface area contributed by atoms with Crippen molar-refractivity contribution in [1.29, 1.82) is 0 Å². The first-order valence-electron chi connectivity index (χ1n) is 7.48. The van der Waals surface area contributed by atoms with Crippen molar-refractivity contribution in [2.24, 2.45) is 5.92 Å². The molecule has 0 aromatic rings. The van der Waals surface area contributed by atoms with Crippen molar-refractivity contribution in [3.63, 3.8) is 0 Å². The molecule has 1 fully saturated rings. The molecule has 0 saturated carbocycles. The van der Waals surface area contributed by atoms with Crippen molar-refractivity contribution < 1.29 is 4.79 Å². The molecule has 0 spiro atoms. The van der Waals surface area contributed by atoms with Gasteiger partial charge in [0.15, 0.2) is 0 Å². The molecule has 1 aliphatic heterocycles. The first kappa shape index (κ1) is 13.6. The van der Waals surface area contributed by atoms with Crippen molar-refractivity contribution >= 4 is 5.91 Å². The first-order valence-corrected chi connectivity index (χ1v) is 7.48. The Bertz CT molecular complexity index is 287. The Balaban J connectivity index is 1.87. The van der Waals surface area contributed by atoms with Crippen LogP contribution in [-0.4, -0.2) is 36.5 Å². The number of rotatable bonds is 6. The molecule has 0 aromatic carbocycles. The maximum absolute atomic E-state index is 12.5. The third-order valence-corrected chi connectivity index (χ3v) is 4.05. The Kier molecular flexibility index (Phi) is 5.24. The van der Waals surface area contributed by atoms with E-state index in [-0.39, 0.29) is 5.92 Å². The number of hydrogen-bond donors (Lipinski definition) is 1. The number of allylic oxidation sites excluding steroid dienone is 2. The molecule has 2 aliphatic rings. The van der Waals surface area contributed by atoms with Gasteiger partial charge in [-0.1, -0.05) is 25.5 Å². The van der Waals surface area contributed by atoms with E-state index in [1.165, 1.54) is 12.8 Å². The highest BCUT2D eigenvalue weighted by molar-refractivity contribution is 5.79. The van der Waals surface area contributed by atoms with E-state index in [9.17, 15) is 4.79 Å². The summed E-state index contributed by atoms with van der Waals surface area (Å²) >= 11 is 0.